The van der Waals surface area contributed by atoms with E-state index in [1.54, 1.807) is 11.3 Å². The van der Waals surface area contributed by atoms with Crippen molar-refractivity contribution in [2.45, 2.75) is 50.9 Å². The van der Waals surface area contributed by atoms with Gasteiger partial charge in [-0.25, -0.2) is 4.98 Å². The lowest BCUT2D eigenvalue weighted by Gasteiger charge is -2.22. The monoisotopic (exact) mass is 463 g/mol. The first-order valence-corrected chi connectivity index (χ1v) is 12.9. The van der Waals surface area contributed by atoms with E-state index in [0.29, 0.717) is 6.54 Å². The highest BCUT2D eigenvalue weighted by Crippen LogP contribution is 2.32. The minimum absolute atomic E-state index is 0.0154. The largest absolute Gasteiger partial charge is 0.480 e. The lowest BCUT2D eigenvalue weighted by atomic mass is 9.84. The molecule has 0 aliphatic heterocycles. The summed E-state index contributed by atoms with van der Waals surface area (Å²) >= 11 is 1.61. The number of nitrogens with zero attached hydrogens (tertiary/aromatic N) is 1. The van der Waals surface area contributed by atoms with Gasteiger partial charge in [-0.1, -0.05) is 55.7 Å². The third-order valence-corrected chi connectivity index (χ3v) is 7.23. The number of anilines is 1. The minimum Gasteiger partial charge on any atom is -0.480 e. The molecule has 1 fully saturated rings. The quantitative estimate of drug-likeness (QED) is 0.317. The maximum absolute atomic E-state index is 10.6. The predicted molar refractivity (Wildman–Crippen MR) is 136 cm³/mol. The van der Waals surface area contributed by atoms with E-state index < -0.39 is 5.97 Å². The fraction of sp³-hybridized carbons (Fsp3) is 0.407. The summed E-state index contributed by atoms with van der Waals surface area (Å²) in [6.07, 6.45) is 8.61. The fourth-order valence-corrected chi connectivity index (χ4v) is 5.26. The van der Waals surface area contributed by atoms with Gasteiger partial charge in [0.2, 0.25) is 0 Å². The highest BCUT2D eigenvalue weighted by atomic mass is 32.1. The summed E-state index contributed by atoms with van der Waals surface area (Å²) < 4.78 is 0. The molecule has 5 nitrogen and oxygen atoms in total. The maximum Gasteiger partial charge on any atom is 0.317 e. The van der Waals surface area contributed by atoms with E-state index in [2.05, 4.69) is 69.5 Å². The molecule has 0 bridgehead atoms. The van der Waals surface area contributed by atoms with E-state index in [-0.39, 0.29) is 6.54 Å². The first-order valence-electron chi connectivity index (χ1n) is 12.0. The van der Waals surface area contributed by atoms with Crippen LogP contribution in [0, 0.1) is 0 Å². The van der Waals surface area contributed by atoms with Crippen LogP contribution < -0.4 is 10.6 Å². The first kappa shape index (κ1) is 23.5. The second-order valence-electron chi connectivity index (χ2n) is 8.78. The molecule has 2 aromatic carbocycles. The van der Waals surface area contributed by atoms with Gasteiger partial charge in [0.1, 0.15) is 0 Å². The third kappa shape index (κ3) is 7.14. The van der Waals surface area contributed by atoms with E-state index in [1.807, 2.05) is 0 Å². The highest BCUT2D eigenvalue weighted by molar-refractivity contribution is 7.09. The number of hydrogen-bond donors (Lipinski definition) is 3. The predicted octanol–water partition coefficient (Wildman–Crippen LogP) is 5.73. The molecule has 4 rings (SSSR count). The van der Waals surface area contributed by atoms with Gasteiger partial charge in [0, 0.05) is 36.1 Å². The lowest BCUT2D eigenvalue weighted by Crippen LogP contribution is -2.24. The Labute approximate surface area is 200 Å². The van der Waals surface area contributed by atoms with Crippen molar-refractivity contribution in [3.8, 4) is 11.3 Å². The Morgan fingerprint density at radius 3 is 2.45 bits per heavy atom. The van der Waals surface area contributed by atoms with Crippen LogP contribution in [0.25, 0.3) is 11.3 Å². The molecule has 0 atom stereocenters. The number of aromatic nitrogens is 1. The zero-order valence-corrected chi connectivity index (χ0v) is 19.9. The second-order valence-corrected chi connectivity index (χ2v) is 9.72. The molecule has 1 heterocycles. The number of hydrogen-bond acceptors (Lipinski definition) is 5. The van der Waals surface area contributed by atoms with E-state index in [1.165, 1.54) is 43.2 Å². The SMILES string of the molecule is O=C(O)CNCCc1nc(-c2ccc(NCCc3ccc(C4CCCCC4)cc3)cc2)cs1. The molecule has 1 aliphatic carbocycles. The summed E-state index contributed by atoms with van der Waals surface area (Å²) in [4.78, 5) is 15.2. The Morgan fingerprint density at radius 2 is 1.73 bits per heavy atom. The molecule has 1 aromatic heterocycles. The number of benzene rings is 2. The Morgan fingerprint density at radius 1 is 0.970 bits per heavy atom. The Kier molecular flexibility index (Phi) is 8.50. The summed E-state index contributed by atoms with van der Waals surface area (Å²) in [6.45, 7) is 1.51. The van der Waals surface area contributed by atoms with Crippen LogP contribution in [0.2, 0.25) is 0 Å². The molecular weight excluding hydrogens is 430 g/mol. The van der Waals surface area contributed by atoms with Crippen molar-refractivity contribution in [3.05, 3.63) is 70.0 Å². The van der Waals surface area contributed by atoms with Crippen LogP contribution in [-0.4, -0.2) is 35.7 Å². The number of carboxylic acid groups (broad SMARTS) is 1. The smallest absolute Gasteiger partial charge is 0.317 e. The van der Waals surface area contributed by atoms with Crippen molar-refractivity contribution in [1.82, 2.24) is 10.3 Å². The van der Waals surface area contributed by atoms with Gasteiger partial charge in [-0.2, -0.15) is 0 Å². The zero-order chi connectivity index (χ0) is 22.9. The van der Waals surface area contributed by atoms with Gasteiger partial charge in [0.05, 0.1) is 17.2 Å². The number of carboxylic acids is 1. The standard InChI is InChI=1S/C27H33N3O2S/c31-27(32)18-28-16-15-26-30-25(19-33-26)23-10-12-24(13-11-23)29-17-14-20-6-8-22(9-7-20)21-4-2-1-3-5-21/h6-13,19,21,28-29H,1-5,14-18H2,(H,31,32). The van der Waals surface area contributed by atoms with Crippen LogP contribution >= 0.6 is 11.3 Å². The Hall–Kier alpha value is -2.70. The summed E-state index contributed by atoms with van der Waals surface area (Å²) in [6, 6.07) is 17.7. The maximum atomic E-state index is 10.6. The summed E-state index contributed by atoms with van der Waals surface area (Å²) in [5, 5.41) is 18.2. The van der Waals surface area contributed by atoms with E-state index >= 15 is 0 Å². The molecule has 0 amide bonds. The summed E-state index contributed by atoms with van der Waals surface area (Å²) in [5.74, 6) is -0.0667. The van der Waals surface area contributed by atoms with Gasteiger partial charge in [-0.3, -0.25) is 4.79 Å². The molecule has 0 saturated heterocycles. The van der Waals surface area contributed by atoms with Crippen LogP contribution in [0.5, 0.6) is 0 Å². The lowest BCUT2D eigenvalue weighted by molar-refractivity contribution is -0.135. The first-order chi connectivity index (χ1) is 16.2. The summed E-state index contributed by atoms with van der Waals surface area (Å²) in [5.41, 5.74) is 6.08. The van der Waals surface area contributed by atoms with Gasteiger partial charge < -0.3 is 15.7 Å². The van der Waals surface area contributed by atoms with Gasteiger partial charge >= 0.3 is 5.97 Å². The van der Waals surface area contributed by atoms with Crippen molar-refractivity contribution in [2.75, 3.05) is 25.0 Å². The molecule has 1 aliphatic rings. The average Bonchev–Trinajstić information content (AvgIpc) is 3.32. The number of nitrogens with one attached hydrogen (secondary N) is 2. The van der Waals surface area contributed by atoms with Crippen LogP contribution in [0.4, 0.5) is 5.69 Å². The van der Waals surface area contributed by atoms with Crippen molar-refractivity contribution < 1.29 is 9.90 Å². The Balaban J connectivity index is 1.22. The average molecular weight is 464 g/mol. The highest BCUT2D eigenvalue weighted by Gasteiger charge is 2.15. The normalized spacial score (nSPS) is 14.3. The second kappa shape index (κ2) is 12.0. The van der Waals surface area contributed by atoms with Crippen molar-refractivity contribution in [3.63, 3.8) is 0 Å². The number of aliphatic carboxylic acids is 1. The van der Waals surface area contributed by atoms with Crippen molar-refractivity contribution in [2.24, 2.45) is 0 Å². The van der Waals surface area contributed by atoms with Gasteiger partial charge in [-0.15, -0.1) is 11.3 Å². The third-order valence-electron chi connectivity index (χ3n) is 6.32. The molecule has 33 heavy (non-hydrogen) atoms. The molecule has 6 heteroatoms. The van der Waals surface area contributed by atoms with Crippen molar-refractivity contribution in [1.29, 1.82) is 0 Å². The molecule has 174 valence electrons. The van der Waals surface area contributed by atoms with Crippen LogP contribution in [0.15, 0.2) is 53.9 Å². The van der Waals surface area contributed by atoms with Crippen LogP contribution in [0.1, 0.15) is 54.2 Å². The number of carbonyl (C=O) groups is 1. The van der Waals surface area contributed by atoms with Gasteiger partial charge in [0.15, 0.2) is 0 Å². The van der Waals surface area contributed by atoms with E-state index in [0.717, 1.165) is 47.3 Å². The topological polar surface area (TPSA) is 74.2 Å². The molecule has 1 saturated carbocycles. The molecule has 3 aromatic rings. The molecule has 0 spiro atoms. The van der Waals surface area contributed by atoms with E-state index in [4.69, 9.17) is 5.11 Å². The van der Waals surface area contributed by atoms with Crippen LogP contribution in [-0.2, 0) is 17.6 Å². The number of thiazole rings is 1. The molecular formula is C27H33N3O2S. The molecule has 3 N–H and O–H groups in total. The Bertz CT molecular complexity index is 1010. The van der Waals surface area contributed by atoms with Gasteiger partial charge in [-0.05, 0) is 48.4 Å². The minimum atomic E-state index is -0.837. The zero-order valence-electron chi connectivity index (χ0n) is 19.1. The summed E-state index contributed by atoms with van der Waals surface area (Å²) in [7, 11) is 0. The van der Waals surface area contributed by atoms with Crippen LogP contribution in [0.3, 0.4) is 0 Å². The van der Waals surface area contributed by atoms with Gasteiger partial charge in [0.25, 0.3) is 0 Å². The van der Waals surface area contributed by atoms with E-state index in [9.17, 15) is 4.79 Å². The molecule has 0 unspecified atom stereocenters. The molecule has 0 radical (unpaired) electrons. The van der Waals surface area contributed by atoms with Crippen molar-refractivity contribution >= 4 is 23.0 Å². The fourth-order valence-electron chi connectivity index (χ4n) is 4.45. The number of rotatable bonds is 11.